The molecule has 0 amide bonds. The van der Waals surface area contributed by atoms with Crippen molar-refractivity contribution < 1.29 is 0 Å². The van der Waals surface area contributed by atoms with E-state index < -0.39 is 0 Å². The molecule has 0 saturated carbocycles. The maximum atomic E-state index is 6.11. The Hall–Kier alpha value is -3.15. The van der Waals surface area contributed by atoms with Gasteiger partial charge in [0.25, 0.3) is 0 Å². The zero-order chi connectivity index (χ0) is 21.2. The molecule has 0 atom stereocenters. The molecular formula is C25H24ClN5. The zero-order valence-electron chi connectivity index (χ0n) is 17.2. The molecule has 0 bridgehead atoms. The van der Waals surface area contributed by atoms with Crippen molar-refractivity contribution in [3.63, 3.8) is 0 Å². The van der Waals surface area contributed by atoms with Crippen molar-refractivity contribution in [1.29, 1.82) is 0 Å². The SMILES string of the molecule is C=C(Nc1ccc(CN2CCCC2)cc1)c1n[nH]c2ccc(-c3cncc(Cl)c3)cc12. The summed E-state index contributed by atoms with van der Waals surface area (Å²) in [7, 11) is 0. The van der Waals surface area contributed by atoms with Crippen molar-refractivity contribution >= 4 is 33.9 Å². The molecule has 5 nitrogen and oxygen atoms in total. The van der Waals surface area contributed by atoms with Gasteiger partial charge in [-0.3, -0.25) is 15.0 Å². The first-order valence-electron chi connectivity index (χ1n) is 10.5. The van der Waals surface area contributed by atoms with Gasteiger partial charge in [0.15, 0.2) is 0 Å². The fourth-order valence-electron chi connectivity index (χ4n) is 4.12. The molecule has 1 aliphatic rings. The lowest BCUT2D eigenvalue weighted by Crippen LogP contribution is -2.18. The van der Waals surface area contributed by atoms with Gasteiger partial charge in [0.1, 0.15) is 5.69 Å². The van der Waals surface area contributed by atoms with Gasteiger partial charge >= 0.3 is 0 Å². The number of nitrogens with one attached hydrogen (secondary N) is 2. The third-order valence-corrected chi connectivity index (χ3v) is 5.95. The molecular weight excluding hydrogens is 406 g/mol. The van der Waals surface area contributed by atoms with E-state index in [9.17, 15) is 0 Å². The Morgan fingerprint density at radius 2 is 1.84 bits per heavy atom. The smallest absolute Gasteiger partial charge is 0.116 e. The summed E-state index contributed by atoms with van der Waals surface area (Å²) in [4.78, 5) is 6.70. The second kappa shape index (κ2) is 8.53. The number of likely N-dealkylation sites (tertiary alicyclic amines) is 1. The van der Waals surface area contributed by atoms with Crippen LogP contribution in [0, 0.1) is 0 Å². The molecule has 2 N–H and O–H groups in total. The number of rotatable bonds is 6. The van der Waals surface area contributed by atoms with Crippen LogP contribution in [0.1, 0.15) is 24.1 Å². The van der Waals surface area contributed by atoms with Gasteiger partial charge in [0.05, 0.1) is 16.2 Å². The third kappa shape index (κ3) is 4.33. The highest BCUT2D eigenvalue weighted by Gasteiger charge is 2.13. The molecule has 0 spiro atoms. The van der Waals surface area contributed by atoms with Gasteiger partial charge in [-0.15, -0.1) is 0 Å². The fourth-order valence-corrected chi connectivity index (χ4v) is 4.29. The third-order valence-electron chi connectivity index (χ3n) is 5.74. The van der Waals surface area contributed by atoms with E-state index in [1.54, 1.807) is 6.20 Å². The van der Waals surface area contributed by atoms with Crippen molar-refractivity contribution in [2.24, 2.45) is 0 Å². The van der Waals surface area contributed by atoms with E-state index in [1.807, 2.05) is 24.4 Å². The van der Waals surface area contributed by atoms with E-state index >= 15 is 0 Å². The molecule has 0 unspecified atom stereocenters. The number of hydrogen-bond donors (Lipinski definition) is 2. The van der Waals surface area contributed by atoms with Crippen LogP contribution in [0.5, 0.6) is 0 Å². The van der Waals surface area contributed by atoms with Crippen molar-refractivity contribution in [3.05, 3.63) is 83.8 Å². The highest BCUT2D eigenvalue weighted by atomic mass is 35.5. The van der Waals surface area contributed by atoms with Crippen LogP contribution >= 0.6 is 11.6 Å². The lowest BCUT2D eigenvalue weighted by Gasteiger charge is -2.15. The molecule has 0 aliphatic carbocycles. The van der Waals surface area contributed by atoms with Crippen molar-refractivity contribution in [2.45, 2.75) is 19.4 Å². The number of halogens is 1. The van der Waals surface area contributed by atoms with Gasteiger partial charge in [0.2, 0.25) is 0 Å². The van der Waals surface area contributed by atoms with Crippen LogP contribution in [-0.4, -0.2) is 33.2 Å². The zero-order valence-corrected chi connectivity index (χ0v) is 18.0. The van der Waals surface area contributed by atoms with Crippen LogP contribution in [-0.2, 0) is 6.54 Å². The van der Waals surface area contributed by atoms with Gasteiger partial charge in [-0.2, -0.15) is 5.10 Å². The maximum Gasteiger partial charge on any atom is 0.116 e. The standard InChI is InChI=1S/C25H24ClN5/c1-17(28-22-7-4-18(5-8-22)16-31-10-2-3-11-31)25-23-13-19(6-9-24(23)29-30-25)20-12-21(26)15-27-14-20/h4-9,12-15,28H,1-3,10-11,16H2,(H,29,30). The average Bonchev–Trinajstić information content (AvgIpc) is 3.44. The van der Waals surface area contributed by atoms with Crippen LogP contribution in [0.4, 0.5) is 5.69 Å². The van der Waals surface area contributed by atoms with Crippen molar-refractivity contribution in [2.75, 3.05) is 18.4 Å². The Bertz CT molecular complexity index is 1220. The number of aromatic nitrogens is 3. The minimum atomic E-state index is 0.615. The van der Waals surface area contributed by atoms with Crippen LogP contribution in [0.3, 0.4) is 0 Å². The topological polar surface area (TPSA) is 56.8 Å². The molecule has 2 aromatic heterocycles. The van der Waals surface area contributed by atoms with E-state index in [4.69, 9.17) is 11.6 Å². The Kier molecular flexibility index (Phi) is 5.45. The molecule has 6 heteroatoms. The maximum absolute atomic E-state index is 6.11. The number of hydrogen-bond acceptors (Lipinski definition) is 4. The number of aromatic amines is 1. The first-order valence-corrected chi connectivity index (χ1v) is 10.9. The van der Waals surface area contributed by atoms with Crippen LogP contribution in [0.25, 0.3) is 27.7 Å². The lowest BCUT2D eigenvalue weighted by molar-refractivity contribution is 0.331. The highest BCUT2D eigenvalue weighted by molar-refractivity contribution is 6.30. The quantitative estimate of drug-likeness (QED) is 0.397. The van der Waals surface area contributed by atoms with E-state index in [1.165, 1.54) is 31.5 Å². The van der Waals surface area contributed by atoms with Gasteiger partial charge in [-0.1, -0.05) is 36.4 Å². The number of fused-ring (bicyclic) bond motifs is 1. The van der Waals surface area contributed by atoms with Crippen LogP contribution in [0.2, 0.25) is 5.02 Å². The Morgan fingerprint density at radius 3 is 2.61 bits per heavy atom. The minimum Gasteiger partial charge on any atom is -0.354 e. The molecule has 156 valence electrons. The minimum absolute atomic E-state index is 0.615. The summed E-state index contributed by atoms with van der Waals surface area (Å²) in [6.45, 7) is 7.66. The molecule has 0 radical (unpaired) electrons. The number of nitrogens with zero attached hydrogens (tertiary/aromatic N) is 3. The summed E-state index contributed by atoms with van der Waals surface area (Å²) in [6.07, 6.45) is 6.07. The number of pyridine rings is 1. The molecule has 1 saturated heterocycles. The molecule has 1 aliphatic heterocycles. The van der Waals surface area contributed by atoms with E-state index in [0.29, 0.717) is 5.02 Å². The van der Waals surface area contributed by atoms with Crippen molar-refractivity contribution in [3.8, 4) is 11.1 Å². The van der Waals surface area contributed by atoms with Crippen LogP contribution < -0.4 is 5.32 Å². The normalized spacial score (nSPS) is 14.2. The van der Waals surface area contributed by atoms with Gasteiger partial charge < -0.3 is 5.32 Å². The average molecular weight is 430 g/mol. The van der Waals surface area contributed by atoms with E-state index in [0.717, 1.165) is 45.7 Å². The summed E-state index contributed by atoms with van der Waals surface area (Å²) in [5.41, 5.74) is 6.84. The summed E-state index contributed by atoms with van der Waals surface area (Å²) in [5, 5.41) is 12.6. The Balaban J connectivity index is 1.35. The molecule has 4 aromatic rings. The van der Waals surface area contributed by atoms with E-state index in [-0.39, 0.29) is 0 Å². The highest BCUT2D eigenvalue weighted by Crippen LogP contribution is 2.29. The van der Waals surface area contributed by atoms with E-state index in [2.05, 4.69) is 62.3 Å². The predicted octanol–water partition coefficient (Wildman–Crippen LogP) is 5.96. The predicted molar refractivity (Wildman–Crippen MR) is 128 cm³/mol. The monoisotopic (exact) mass is 429 g/mol. The molecule has 1 fully saturated rings. The fraction of sp³-hybridized carbons (Fsp3) is 0.200. The summed E-state index contributed by atoms with van der Waals surface area (Å²) in [6, 6.07) is 16.6. The van der Waals surface area contributed by atoms with Gasteiger partial charge in [0, 0.05) is 35.6 Å². The first-order chi connectivity index (χ1) is 15.2. The Labute approximate surface area is 186 Å². The summed E-state index contributed by atoms with van der Waals surface area (Å²) in [5.74, 6) is 0. The molecule has 31 heavy (non-hydrogen) atoms. The molecule has 5 rings (SSSR count). The largest absolute Gasteiger partial charge is 0.354 e. The Morgan fingerprint density at radius 1 is 1.03 bits per heavy atom. The molecule has 3 heterocycles. The second-order valence-corrected chi connectivity index (χ2v) is 8.44. The molecule has 2 aromatic carbocycles. The summed E-state index contributed by atoms with van der Waals surface area (Å²) >= 11 is 6.11. The van der Waals surface area contributed by atoms with Gasteiger partial charge in [-0.05, 0) is 67.4 Å². The van der Waals surface area contributed by atoms with Crippen LogP contribution in [0.15, 0.2) is 67.5 Å². The first kappa shape index (κ1) is 19.8. The van der Waals surface area contributed by atoms with Crippen molar-refractivity contribution in [1.82, 2.24) is 20.1 Å². The number of benzene rings is 2. The second-order valence-electron chi connectivity index (χ2n) is 8.01. The summed E-state index contributed by atoms with van der Waals surface area (Å²) < 4.78 is 0. The number of H-pyrrole nitrogens is 1. The lowest BCUT2D eigenvalue weighted by atomic mass is 10.0. The van der Waals surface area contributed by atoms with Gasteiger partial charge in [-0.25, -0.2) is 0 Å². The number of anilines is 1.